The van der Waals surface area contributed by atoms with Gasteiger partial charge in [-0.3, -0.25) is 9.69 Å². The van der Waals surface area contributed by atoms with E-state index in [0.29, 0.717) is 22.9 Å². The number of hydrogen-bond donors (Lipinski definition) is 2. The first-order chi connectivity index (χ1) is 9.65. The third kappa shape index (κ3) is 3.23. The van der Waals surface area contributed by atoms with E-state index >= 15 is 0 Å². The zero-order valence-corrected chi connectivity index (χ0v) is 12.2. The summed E-state index contributed by atoms with van der Waals surface area (Å²) in [5.41, 5.74) is 0.533. The summed E-state index contributed by atoms with van der Waals surface area (Å²) < 4.78 is 5.29. The van der Waals surface area contributed by atoms with E-state index in [4.69, 9.17) is 16.3 Å². The van der Waals surface area contributed by atoms with Gasteiger partial charge in [0.15, 0.2) is 0 Å². The summed E-state index contributed by atoms with van der Waals surface area (Å²) in [7, 11) is 1.53. The van der Waals surface area contributed by atoms with Crippen LogP contribution in [-0.4, -0.2) is 49.3 Å². The first-order valence-electron chi connectivity index (χ1n) is 6.65. The van der Waals surface area contributed by atoms with Gasteiger partial charge < -0.3 is 15.2 Å². The Bertz CT molecular complexity index is 473. The minimum atomic E-state index is -0.904. The lowest BCUT2D eigenvalue weighted by Crippen LogP contribution is -2.37. The molecule has 0 radical (unpaired) electrons. The second-order valence-corrected chi connectivity index (χ2v) is 5.14. The van der Waals surface area contributed by atoms with Crippen molar-refractivity contribution < 1.29 is 14.6 Å². The maximum atomic E-state index is 11.8. The van der Waals surface area contributed by atoms with E-state index in [1.54, 1.807) is 18.2 Å². The molecule has 1 atom stereocenters. The Morgan fingerprint density at radius 2 is 2.25 bits per heavy atom. The van der Waals surface area contributed by atoms with E-state index in [1.807, 2.05) is 4.90 Å². The lowest BCUT2D eigenvalue weighted by atomic mass is 10.0. The number of methoxy groups -OCH3 is 1. The molecule has 6 heteroatoms. The number of nitrogens with zero attached hydrogens (tertiary/aromatic N) is 1. The Morgan fingerprint density at radius 3 is 2.95 bits per heavy atom. The fraction of sp³-hybridized carbons (Fsp3) is 0.500. The largest absolute Gasteiger partial charge is 0.496 e. The molecule has 0 aromatic heterocycles. The molecule has 0 aliphatic carbocycles. The Labute approximate surface area is 123 Å². The van der Waals surface area contributed by atoms with Crippen LogP contribution in [-0.2, 0) is 4.79 Å². The molecule has 1 saturated heterocycles. The number of ether oxygens (including phenoxy) is 1. The van der Waals surface area contributed by atoms with Crippen LogP contribution in [0.3, 0.4) is 0 Å². The van der Waals surface area contributed by atoms with Gasteiger partial charge in [-0.2, -0.15) is 0 Å². The number of rotatable bonds is 4. The summed E-state index contributed by atoms with van der Waals surface area (Å²) >= 11 is 6.22. The number of hydrogen-bond acceptors (Lipinski definition) is 4. The number of halogens is 1. The smallest absolute Gasteiger partial charge is 0.325 e. The first-order valence-corrected chi connectivity index (χ1v) is 7.03. The van der Waals surface area contributed by atoms with Crippen molar-refractivity contribution in [1.29, 1.82) is 0 Å². The Hall–Kier alpha value is -1.30. The minimum Gasteiger partial charge on any atom is -0.496 e. The fourth-order valence-electron chi connectivity index (χ4n) is 2.55. The molecule has 1 heterocycles. The van der Waals surface area contributed by atoms with E-state index in [0.717, 1.165) is 26.1 Å². The number of nitrogens with one attached hydrogen (secondary N) is 1. The topological polar surface area (TPSA) is 61.8 Å². The van der Waals surface area contributed by atoms with E-state index in [1.165, 1.54) is 7.11 Å². The van der Waals surface area contributed by atoms with Crippen LogP contribution in [0.15, 0.2) is 18.2 Å². The molecule has 1 aromatic carbocycles. The summed E-state index contributed by atoms with van der Waals surface area (Å²) in [6.45, 7) is 3.07. The molecule has 20 heavy (non-hydrogen) atoms. The van der Waals surface area contributed by atoms with Crippen LogP contribution in [0, 0.1) is 0 Å². The second kappa shape index (κ2) is 6.92. The summed E-state index contributed by atoms with van der Waals surface area (Å²) in [6, 6.07) is 4.42. The van der Waals surface area contributed by atoms with Crippen molar-refractivity contribution in [2.45, 2.75) is 12.5 Å². The van der Waals surface area contributed by atoms with Crippen molar-refractivity contribution >= 4 is 17.6 Å². The van der Waals surface area contributed by atoms with Crippen molar-refractivity contribution in [3.63, 3.8) is 0 Å². The van der Waals surface area contributed by atoms with Gasteiger partial charge in [0.05, 0.1) is 7.11 Å². The lowest BCUT2D eigenvalue weighted by Gasteiger charge is -2.29. The van der Waals surface area contributed by atoms with Crippen LogP contribution in [0.25, 0.3) is 0 Å². The quantitative estimate of drug-likeness (QED) is 0.887. The molecule has 1 unspecified atom stereocenters. The van der Waals surface area contributed by atoms with Crippen molar-refractivity contribution in [1.82, 2.24) is 10.2 Å². The molecular weight excluding hydrogens is 280 g/mol. The van der Waals surface area contributed by atoms with Crippen LogP contribution in [0.4, 0.5) is 0 Å². The number of carboxylic acids is 1. The summed E-state index contributed by atoms with van der Waals surface area (Å²) in [5.74, 6) is -0.389. The molecule has 1 aliphatic rings. The number of aliphatic carboxylic acids is 1. The van der Waals surface area contributed by atoms with Crippen LogP contribution in [0.5, 0.6) is 5.75 Å². The average molecular weight is 299 g/mol. The van der Waals surface area contributed by atoms with Gasteiger partial charge in [-0.15, -0.1) is 0 Å². The van der Waals surface area contributed by atoms with Crippen molar-refractivity contribution in [2.75, 3.05) is 33.3 Å². The number of benzene rings is 1. The van der Waals surface area contributed by atoms with E-state index in [2.05, 4.69) is 5.32 Å². The number of carbonyl (C=O) groups is 1. The number of carboxylic acid groups (broad SMARTS) is 1. The average Bonchev–Trinajstić information content (AvgIpc) is 2.69. The standard InChI is InChI=1S/C14H19ClN2O3/c1-20-11-5-2-4-10(15)12(11)13(14(18)19)17-8-3-6-16-7-9-17/h2,4-5,13,16H,3,6-9H2,1H3,(H,18,19). The molecule has 2 rings (SSSR count). The molecule has 1 fully saturated rings. The monoisotopic (exact) mass is 298 g/mol. The normalized spacial score (nSPS) is 18.3. The maximum Gasteiger partial charge on any atom is 0.325 e. The molecule has 2 N–H and O–H groups in total. The van der Waals surface area contributed by atoms with Gasteiger partial charge in [-0.05, 0) is 25.1 Å². The molecule has 1 aliphatic heterocycles. The van der Waals surface area contributed by atoms with Crippen LogP contribution in [0.2, 0.25) is 5.02 Å². The highest BCUT2D eigenvalue weighted by Gasteiger charge is 2.32. The van der Waals surface area contributed by atoms with E-state index in [-0.39, 0.29) is 0 Å². The highest BCUT2D eigenvalue weighted by atomic mass is 35.5. The maximum absolute atomic E-state index is 11.8. The zero-order chi connectivity index (χ0) is 14.5. The molecule has 110 valence electrons. The third-order valence-electron chi connectivity index (χ3n) is 3.48. The molecule has 0 spiro atoms. The van der Waals surface area contributed by atoms with Gasteiger partial charge in [0.25, 0.3) is 0 Å². The molecular formula is C14H19ClN2O3. The third-order valence-corrected chi connectivity index (χ3v) is 3.81. The molecule has 5 nitrogen and oxygen atoms in total. The Balaban J connectivity index is 2.40. The molecule has 1 aromatic rings. The fourth-order valence-corrected chi connectivity index (χ4v) is 2.82. The van der Waals surface area contributed by atoms with Gasteiger partial charge in [0, 0.05) is 30.2 Å². The van der Waals surface area contributed by atoms with Crippen molar-refractivity contribution in [2.24, 2.45) is 0 Å². The highest BCUT2D eigenvalue weighted by molar-refractivity contribution is 6.31. The van der Waals surface area contributed by atoms with Crippen LogP contribution < -0.4 is 10.1 Å². The van der Waals surface area contributed by atoms with E-state index in [9.17, 15) is 9.90 Å². The molecule has 0 amide bonds. The van der Waals surface area contributed by atoms with Gasteiger partial charge in [-0.1, -0.05) is 17.7 Å². The van der Waals surface area contributed by atoms with Gasteiger partial charge in [0.2, 0.25) is 0 Å². The molecule has 0 saturated carbocycles. The summed E-state index contributed by atoms with van der Waals surface area (Å²) in [4.78, 5) is 13.7. The van der Waals surface area contributed by atoms with Gasteiger partial charge in [0.1, 0.15) is 11.8 Å². The Morgan fingerprint density at radius 1 is 1.45 bits per heavy atom. The summed E-state index contributed by atoms with van der Waals surface area (Å²) in [5, 5.41) is 13.3. The van der Waals surface area contributed by atoms with Crippen molar-refractivity contribution in [3.05, 3.63) is 28.8 Å². The van der Waals surface area contributed by atoms with Crippen LogP contribution >= 0.6 is 11.6 Å². The van der Waals surface area contributed by atoms with Gasteiger partial charge >= 0.3 is 5.97 Å². The van der Waals surface area contributed by atoms with E-state index < -0.39 is 12.0 Å². The first kappa shape index (κ1) is 15.1. The SMILES string of the molecule is COc1cccc(Cl)c1C(C(=O)O)N1CCCNCC1. The van der Waals surface area contributed by atoms with Gasteiger partial charge in [-0.25, -0.2) is 0 Å². The Kier molecular flexibility index (Phi) is 5.23. The van der Waals surface area contributed by atoms with Crippen molar-refractivity contribution in [3.8, 4) is 5.75 Å². The zero-order valence-electron chi connectivity index (χ0n) is 11.4. The minimum absolute atomic E-state index is 0.425. The predicted octanol–water partition coefficient (Wildman–Crippen LogP) is 1.77. The predicted molar refractivity (Wildman–Crippen MR) is 77.4 cm³/mol. The summed E-state index contributed by atoms with van der Waals surface area (Å²) in [6.07, 6.45) is 0.913. The van der Waals surface area contributed by atoms with Crippen LogP contribution in [0.1, 0.15) is 18.0 Å². The molecule has 0 bridgehead atoms. The highest BCUT2D eigenvalue weighted by Crippen LogP contribution is 2.35. The lowest BCUT2D eigenvalue weighted by molar-refractivity contribution is -0.143. The second-order valence-electron chi connectivity index (χ2n) is 4.74.